The van der Waals surface area contributed by atoms with Gasteiger partial charge in [0.05, 0.1) is 0 Å². The van der Waals surface area contributed by atoms with Gasteiger partial charge < -0.3 is 11.1 Å². The first-order valence-corrected chi connectivity index (χ1v) is 9.74. The molecule has 0 saturated heterocycles. The average molecular weight is 273 g/mol. The Morgan fingerprint density at radius 3 is 1.56 bits per heavy atom. The molecule has 2 nitrogen and oxygen atoms in total. The van der Waals surface area contributed by atoms with Crippen molar-refractivity contribution in [3.63, 3.8) is 0 Å². The molecule has 0 aliphatic carbocycles. The zero-order chi connectivity index (χ0) is 13.3. The normalized spacial score (nSPS) is 11.2. The van der Waals surface area contributed by atoms with Crippen molar-refractivity contribution in [3.05, 3.63) is 0 Å². The highest BCUT2D eigenvalue weighted by Crippen LogP contribution is 2.10. The van der Waals surface area contributed by atoms with Crippen LogP contribution in [0.2, 0.25) is 6.04 Å². The van der Waals surface area contributed by atoms with Crippen molar-refractivity contribution < 1.29 is 0 Å². The lowest BCUT2D eigenvalue weighted by molar-refractivity contribution is 0.541. The number of hydrogen-bond acceptors (Lipinski definition) is 2. The molecule has 0 fully saturated rings. The van der Waals surface area contributed by atoms with Crippen LogP contribution in [0.1, 0.15) is 70.6 Å². The SMILES string of the molecule is NCCCCCCCCCCCCNCCC[SiH3]. The summed E-state index contributed by atoms with van der Waals surface area (Å²) in [4.78, 5) is 0. The fourth-order valence-electron chi connectivity index (χ4n) is 2.24. The largest absolute Gasteiger partial charge is 0.330 e. The summed E-state index contributed by atoms with van der Waals surface area (Å²) in [5.41, 5.74) is 5.47. The van der Waals surface area contributed by atoms with E-state index in [1.807, 2.05) is 0 Å². The maximum absolute atomic E-state index is 5.47. The summed E-state index contributed by atoms with van der Waals surface area (Å²) in [6.07, 6.45) is 15.3. The summed E-state index contributed by atoms with van der Waals surface area (Å²) in [5.74, 6) is 0. The Labute approximate surface area is 118 Å². The Morgan fingerprint density at radius 2 is 1.06 bits per heavy atom. The molecule has 0 rings (SSSR count). The van der Waals surface area contributed by atoms with Crippen LogP contribution in [-0.4, -0.2) is 29.9 Å². The van der Waals surface area contributed by atoms with E-state index in [9.17, 15) is 0 Å². The van der Waals surface area contributed by atoms with E-state index in [1.165, 1.54) is 100 Å². The van der Waals surface area contributed by atoms with Crippen LogP contribution in [0.5, 0.6) is 0 Å². The van der Waals surface area contributed by atoms with Crippen LogP contribution >= 0.6 is 0 Å². The second kappa shape index (κ2) is 17.1. The van der Waals surface area contributed by atoms with Gasteiger partial charge in [-0.1, -0.05) is 57.4 Å². The molecule has 0 aliphatic heterocycles. The van der Waals surface area contributed by atoms with Gasteiger partial charge in [-0.2, -0.15) is 0 Å². The molecule has 0 saturated carbocycles. The smallest absolute Gasteiger partial charge is 0.00286 e. The summed E-state index contributed by atoms with van der Waals surface area (Å²) in [5, 5.41) is 3.53. The lowest BCUT2D eigenvalue weighted by atomic mass is 10.1. The predicted octanol–water partition coefficient (Wildman–Crippen LogP) is 2.61. The van der Waals surface area contributed by atoms with Crippen molar-refractivity contribution in [1.29, 1.82) is 0 Å². The maximum atomic E-state index is 5.47. The Hall–Kier alpha value is 0.137. The number of nitrogens with two attached hydrogens (primary N) is 1. The zero-order valence-electron chi connectivity index (χ0n) is 12.7. The molecular weight excluding hydrogens is 236 g/mol. The minimum atomic E-state index is 0.869. The van der Waals surface area contributed by atoms with E-state index in [1.54, 1.807) is 0 Å². The highest BCUT2D eigenvalue weighted by molar-refractivity contribution is 6.08. The van der Waals surface area contributed by atoms with Crippen LogP contribution in [0.25, 0.3) is 0 Å². The van der Waals surface area contributed by atoms with E-state index in [0.29, 0.717) is 0 Å². The third kappa shape index (κ3) is 16.1. The molecule has 0 heterocycles. The second-order valence-electron chi connectivity index (χ2n) is 5.43. The first kappa shape index (κ1) is 18.1. The van der Waals surface area contributed by atoms with Gasteiger partial charge in [0.2, 0.25) is 0 Å². The minimum absolute atomic E-state index is 0.869. The van der Waals surface area contributed by atoms with Gasteiger partial charge in [0.25, 0.3) is 0 Å². The van der Waals surface area contributed by atoms with Crippen molar-refractivity contribution in [2.75, 3.05) is 19.6 Å². The van der Waals surface area contributed by atoms with Gasteiger partial charge in [0.15, 0.2) is 0 Å². The average Bonchev–Trinajstić information content (AvgIpc) is 2.39. The highest BCUT2D eigenvalue weighted by Gasteiger charge is 1.93. The molecule has 0 atom stereocenters. The van der Waals surface area contributed by atoms with E-state index in [-0.39, 0.29) is 0 Å². The van der Waals surface area contributed by atoms with Gasteiger partial charge in [0, 0.05) is 10.2 Å². The van der Waals surface area contributed by atoms with Gasteiger partial charge in [-0.15, -0.1) is 0 Å². The molecule has 0 bridgehead atoms. The van der Waals surface area contributed by atoms with Crippen LogP contribution in [0.15, 0.2) is 0 Å². The molecule has 0 radical (unpaired) electrons. The van der Waals surface area contributed by atoms with Gasteiger partial charge in [-0.25, -0.2) is 0 Å². The van der Waals surface area contributed by atoms with E-state index >= 15 is 0 Å². The van der Waals surface area contributed by atoms with Crippen LogP contribution in [0.3, 0.4) is 0 Å². The first-order valence-electron chi connectivity index (χ1n) is 8.32. The van der Waals surface area contributed by atoms with Gasteiger partial charge in [0.1, 0.15) is 0 Å². The van der Waals surface area contributed by atoms with E-state index < -0.39 is 0 Å². The molecule has 0 amide bonds. The molecule has 0 spiro atoms. The molecule has 0 aromatic rings. The van der Waals surface area contributed by atoms with Crippen LogP contribution in [-0.2, 0) is 0 Å². The van der Waals surface area contributed by atoms with E-state index in [4.69, 9.17) is 5.73 Å². The topological polar surface area (TPSA) is 38.0 Å². The fourth-order valence-corrected chi connectivity index (χ4v) is 2.59. The van der Waals surface area contributed by atoms with Crippen LogP contribution < -0.4 is 11.1 Å². The Morgan fingerprint density at radius 1 is 0.611 bits per heavy atom. The van der Waals surface area contributed by atoms with E-state index in [2.05, 4.69) is 5.32 Å². The summed E-state index contributed by atoms with van der Waals surface area (Å²) in [6, 6.07) is 1.44. The molecule has 3 heteroatoms. The zero-order valence-corrected chi connectivity index (χ0v) is 14.7. The van der Waals surface area contributed by atoms with Crippen molar-refractivity contribution in [3.8, 4) is 0 Å². The summed E-state index contributed by atoms with van der Waals surface area (Å²) < 4.78 is 0. The van der Waals surface area contributed by atoms with Crippen LogP contribution in [0.4, 0.5) is 0 Å². The Balaban J connectivity index is 2.86. The standard InChI is InChI=1S/C15H36N2Si/c16-12-9-7-5-3-1-2-4-6-8-10-13-17-14-11-15-18/h17H,1-16H2,18H3. The molecule has 0 aromatic carbocycles. The fraction of sp³-hybridized carbons (Fsp3) is 1.00. The number of nitrogens with one attached hydrogen (secondary N) is 1. The van der Waals surface area contributed by atoms with Crippen molar-refractivity contribution in [2.24, 2.45) is 5.73 Å². The highest BCUT2D eigenvalue weighted by atomic mass is 28.1. The number of rotatable bonds is 15. The molecule has 18 heavy (non-hydrogen) atoms. The van der Waals surface area contributed by atoms with Crippen LogP contribution in [0, 0.1) is 0 Å². The summed E-state index contributed by atoms with van der Waals surface area (Å²) in [6.45, 7) is 3.35. The minimum Gasteiger partial charge on any atom is -0.330 e. The number of hydrogen-bond donors (Lipinski definition) is 2. The summed E-state index contributed by atoms with van der Waals surface area (Å²) in [7, 11) is 1.36. The van der Waals surface area contributed by atoms with Gasteiger partial charge in [-0.05, 0) is 38.9 Å². The third-order valence-corrected chi connectivity index (χ3v) is 4.22. The summed E-state index contributed by atoms with van der Waals surface area (Å²) >= 11 is 0. The lowest BCUT2D eigenvalue weighted by Crippen LogP contribution is -2.16. The van der Waals surface area contributed by atoms with Gasteiger partial charge in [-0.3, -0.25) is 0 Å². The molecule has 0 aliphatic rings. The first-order chi connectivity index (χ1) is 8.91. The van der Waals surface area contributed by atoms with E-state index in [0.717, 1.165) is 6.54 Å². The third-order valence-electron chi connectivity index (χ3n) is 3.51. The predicted molar refractivity (Wildman–Crippen MR) is 87.5 cm³/mol. The Kier molecular flexibility index (Phi) is 17.3. The van der Waals surface area contributed by atoms with Crippen molar-refractivity contribution in [1.82, 2.24) is 5.32 Å². The van der Waals surface area contributed by atoms with Crippen molar-refractivity contribution >= 4 is 10.2 Å². The molecular formula is C15H36N2Si. The Bertz CT molecular complexity index is 126. The second-order valence-corrected chi connectivity index (χ2v) is 6.43. The molecule has 3 N–H and O–H groups in total. The quantitative estimate of drug-likeness (QED) is 0.355. The monoisotopic (exact) mass is 272 g/mol. The number of unbranched alkanes of at least 4 members (excludes halogenated alkanes) is 9. The molecule has 110 valence electrons. The molecule has 0 aromatic heterocycles. The van der Waals surface area contributed by atoms with Crippen molar-refractivity contribution in [2.45, 2.75) is 76.7 Å². The molecule has 0 unspecified atom stereocenters. The lowest BCUT2D eigenvalue weighted by Gasteiger charge is -2.04. The van der Waals surface area contributed by atoms with Gasteiger partial charge >= 0.3 is 0 Å². The maximum Gasteiger partial charge on any atom is 0.00286 e.